The number of hydrogen-bond donors (Lipinski definition) is 1. The minimum absolute atomic E-state index is 0.424. The second kappa shape index (κ2) is 5.19. The SMILES string of the molecule is COc1ccc(-c2ccc(C(N)=S)cc2)c(C)c1. The van der Waals surface area contributed by atoms with E-state index in [2.05, 4.69) is 13.0 Å². The van der Waals surface area contributed by atoms with Crippen LogP contribution < -0.4 is 10.5 Å². The molecule has 0 atom stereocenters. The smallest absolute Gasteiger partial charge is 0.119 e. The highest BCUT2D eigenvalue weighted by Crippen LogP contribution is 2.26. The first-order valence-corrected chi connectivity index (χ1v) is 6.07. The third kappa shape index (κ3) is 2.51. The average Bonchev–Trinajstić information content (AvgIpc) is 2.38. The van der Waals surface area contributed by atoms with E-state index in [-0.39, 0.29) is 0 Å². The molecular formula is C15H15NOS. The van der Waals surface area contributed by atoms with Crippen molar-refractivity contribution < 1.29 is 4.74 Å². The topological polar surface area (TPSA) is 35.2 Å². The lowest BCUT2D eigenvalue weighted by molar-refractivity contribution is 0.414. The van der Waals surface area contributed by atoms with E-state index in [0.29, 0.717) is 4.99 Å². The summed E-state index contributed by atoms with van der Waals surface area (Å²) < 4.78 is 5.20. The Morgan fingerprint density at radius 2 is 1.78 bits per heavy atom. The van der Waals surface area contributed by atoms with Crippen LogP contribution in [0.2, 0.25) is 0 Å². The fourth-order valence-corrected chi connectivity index (χ4v) is 2.04. The maximum Gasteiger partial charge on any atom is 0.119 e. The number of thiocarbonyl (C=S) groups is 1. The molecule has 0 bridgehead atoms. The molecule has 0 unspecified atom stereocenters. The minimum Gasteiger partial charge on any atom is -0.497 e. The molecule has 0 radical (unpaired) electrons. The van der Waals surface area contributed by atoms with Crippen molar-refractivity contribution >= 4 is 17.2 Å². The number of ether oxygens (including phenoxy) is 1. The second-order valence-corrected chi connectivity index (χ2v) is 4.56. The molecule has 0 aliphatic carbocycles. The molecule has 0 aromatic heterocycles. The Bertz CT molecular complexity index is 576. The van der Waals surface area contributed by atoms with Crippen LogP contribution in [-0.4, -0.2) is 12.1 Å². The summed E-state index contributed by atoms with van der Waals surface area (Å²) >= 11 is 4.94. The van der Waals surface area contributed by atoms with Crippen LogP contribution in [0.25, 0.3) is 11.1 Å². The van der Waals surface area contributed by atoms with Gasteiger partial charge in [0.25, 0.3) is 0 Å². The van der Waals surface area contributed by atoms with Crippen LogP contribution in [0.5, 0.6) is 5.75 Å². The highest BCUT2D eigenvalue weighted by atomic mass is 32.1. The molecule has 2 nitrogen and oxygen atoms in total. The summed E-state index contributed by atoms with van der Waals surface area (Å²) in [7, 11) is 1.67. The summed E-state index contributed by atoms with van der Waals surface area (Å²) in [6.07, 6.45) is 0. The Labute approximate surface area is 112 Å². The predicted molar refractivity (Wildman–Crippen MR) is 79.1 cm³/mol. The van der Waals surface area contributed by atoms with Gasteiger partial charge in [-0.1, -0.05) is 42.5 Å². The molecular weight excluding hydrogens is 242 g/mol. The Hall–Kier alpha value is -1.87. The third-order valence-electron chi connectivity index (χ3n) is 2.91. The van der Waals surface area contributed by atoms with E-state index in [1.807, 2.05) is 36.4 Å². The third-order valence-corrected chi connectivity index (χ3v) is 3.15. The lowest BCUT2D eigenvalue weighted by atomic mass is 9.99. The van der Waals surface area contributed by atoms with Crippen molar-refractivity contribution in [3.63, 3.8) is 0 Å². The zero-order valence-electron chi connectivity index (χ0n) is 10.4. The normalized spacial score (nSPS) is 10.1. The van der Waals surface area contributed by atoms with Crippen molar-refractivity contribution in [3.8, 4) is 16.9 Å². The van der Waals surface area contributed by atoms with Gasteiger partial charge in [-0.25, -0.2) is 0 Å². The molecule has 2 aromatic carbocycles. The maximum atomic E-state index is 5.59. The summed E-state index contributed by atoms with van der Waals surface area (Å²) in [5.74, 6) is 0.871. The fourth-order valence-electron chi connectivity index (χ4n) is 1.90. The molecule has 2 rings (SSSR count). The number of benzene rings is 2. The molecule has 0 fully saturated rings. The molecule has 0 spiro atoms. The Kier molecular flexibility index (Phi) is 3.63. The molecule has 3 heteroatoms. The lowest BCUT2D eigenvalue weighted by Gasteiger charge is -2.09. The van der Waals surface area contributed by atoms with Gasteiger partial charge in [0.15, 0.2) is 0 Å². The van der Waals surface area contributed by atoms with Crippen LogP contribution in [0, 0.1) is 6.92 Å². The van der Waals surface area contributed by atoms with E-state index in [9.17, 15) is 0 Å². The van der Waals surface area contributed by atoms with Crippen LogP contribution in [0.4, 0.5) is 0 Å². The van der Waals surface area contributed by atoms with Crippen molar-refractivity contribution in [2.24, 2.45) is 5.73 Å². The zero-order valence-corrected chi connectivity index (χ0v) is 11.3. The lowest BCUT2D eigenvalue weighted by Crippen LogP contribution is -2.08. The molecule has 0 amide bonds. The standard InChI is InChI=1S/C15H15NOS/c1-10-9-13(17-2)7-8-14(10)11-3-5-12(6-4-11)15(16)18/h3-9H,1-2H3,(H2,16,18). The summed E-state index contributed by atoms with van der Waals surface area (Å²) in [5, 5.41) is 0. The minimum atomic E-state index is 0.424. The monoisotopic (exact) mass is 257 g/mol. The van der Waals surface area contributed by atoms with Gasteiger partial charge in [-0.2, -0.15) is 0 Å². The Morgan fingerprint density at radius 3 is 2.28 bits per heavy atom. The van der Waals surface area contributed by atoms with Crippen molar-refractivity contribution in [1.29, 1.82) is 0 Å². The highest BCUT2D eigenvalue weighted by molar-refractivity contribution is 7.80. The number of rotatable bonds is 3. The van der Waals surface area contributed by atoms with E-state index >= 15 is 0 Å². The van der Waals surface area contributed by atoms with E-state index in [1.54, 1.807) is 7.11 Å². The van der Waals surface area contributed by atoms with Gasteiger partial charge in [-0.05, 0) is 35.7 Å². The number of hydrogen-bond acceptors (Lipinski definition) is 2. The molecule has 2 N–H and O–H groups in total. The largest absolute Gasteiger partial charge is 0.497 e. The van der Waals surface area contributed by atoms with E-state index in [1.165, 1.54) is 11.1 Å². The summed E-state index contributed by atoms with van der Waals surface area (Å²) in [6, 6.07) is 14.0. The van der Waals surface area contributed by atoms with E-state index in [4.69, 9.17) is 22.7 Å². The molecule has 0 aliphatic rings. The van der Waals surface area contributed by atoms with Crippen molar-refractivity contribution in [3.05, 3.63) is 53.6 Å². The summed E-state index contributed by atoms with van der Waals surface area (Å²) in [4.78, 5) is 0.424. The van der Waals surface area contributed by atoms with Gasteiger partial charge >= 0.3 is 0 Å². The molecule has 0 heterocycles. The fraction of sp³-hybridized carbons (Fsp3) is 0.133. The van der Waals surface area contributed by atoms with Crippen LogP contribution in [0.3, 0.4) is 0 Å². The Balaban J connectivity index is 2.39. The highest BCUT2D eigenvalue weighted by Gasteiger charge is 2.04. The predicted octanol–water partition coefficient (Wildman–Crippen LogP) is 3.30. The summed E-state index contributed by atoms with van der Waals surface area (Å²) in [6.45, 7) is 2.07. The van der Waals surface area contributed by atoms with Gasteiger partial charge in [0.1, 0.15) is 10.7 Å². The molecule has 92 valence electrons. The molecule has 2 aromatic rings. The van der Waals surface area contributed by atoms with Crippen molar-refractivity contribution in [2.45, 2.75) is 6.92 Å². The first-order valence-electron chi connectivity index (χ1n) is 5.66. The average molecular weight is 257 g/mol. The first-order chi connectivity index (χ1) is 8.61. The number of aryl methyl sites for hydroxylation is 1. The van der Waals surface area contributed by atoms with Gasteiger partial charge in [0.05, 0.1) is 7.11 Å². The van der Waals surface area contributed by atoms with E-state index < -0.39 is 0 Å². The van der Waals surface area contributed by atoms with Gasteiger partial charge in [-0.15, -0.1) is 0 Å². The molecule has 18 heavy (non-hydrogen) atoms. The van der Waals surface area contributed by atoms with Crippen molar-refractivity contribution in [1.82, 2.24) is 0 Å². The molecule has 0 aliphatic heterocycles. The van der Waals surface area contributed by atoms with E-state index in [0.717, 1.165) is 16.9 Å². The zero-order chi connectivity index (χ0) is 13.1. The van der Waals surface area contributed by atoms with Crippen LogP contribution >= 0.6 is 12.2 Å². The summed E-state index contributed by atoms with van der Waals surface area (Å²) in [5.41, 5.74) is 9.99. The van der Waals surface area contributed by atoms with Crippen LogP contribution in [0.15, 0.2) is 42.5 Å². The van der Waals surface area contributed by atoms with Crippen LogP contribution in [-0.2, 0) is 0 Å². The van der Waals surface area contributed by atoms with Crippen LogP contribution in [0.1, 0.15) is 11.1 Å². The number of nitrogens with two attached hydrogens (primary N) is 1. The molecule has 0 saturated carbocycles. The van der Waals surface area contributed by atoms with Gasteiger partial charge in [0.2, 0.25) is 0 Å². The first kappa shape index (κ1) is 12.6. The van der Waals surface area contributed by atoms with Gasteiger partial charge < -0.3 is 10.5 Å². The van der Waals surface area contributed by atoms with Gasteiger partial charge in [-0.3, -0.25) is 0 Å². The second-order valence-electron chi connectivity index (χ2n) is 4.12. The van der Waals surface area contributed by atoms with Crippen molar-refractivity contribution in [2.75, 3.05) is 7.11 Å². The Morgan fingerprint density at radius 1 is 1.11 bits per heavy atom. The molecule has 0 saturated heterocycles. The number of methoxy groups -OCH3 is 1. The quantitative estimate of drug-likeness (QED) is 0.857. The maximum absolute atomic E-state index is 5.59. The van der Waals surface area contributed by atoms with Gasteiger partial charge in [0, 0.05) is 5.56 Å².